The maximum Gasteiger partial charge on any atom is 0.153 e. The minimum atomic E-state index is -2.90. The second kappa shape index (κ2) is 8.35. The normalized spacial score (nSPS) is 20.4. The van der Waals surface area contributed by atoms with Crippen LogP contribution in [0.1, 0.15) is 33.6 Å². The van der Waals surface area contributed by atoms with Gasteiger partial charge in [0, 0.05) is 19.1 Å². The number of halogens is 1. The molecule has 110 valence electrons. The number of nitrogens with one attached hydrogen (secondary N) is 1. The van der Waals surface area contributed by atoms with Gasteiger partial charge in [-0.15, -0.1) is 12.4 Å². The van der Waals surface area contributed by atoms with Crippen LogP contribution in [-0.2, 0) is 9.84 Å². The molecule has 6 heteroatoms. The third-order valence-electron chi connectivity index (χ3n) is 3.44. The standard InChI is InChI=1S/C12H26N2O2S.ClH/c1-4-7-14(12-5-6-13-10-12)8-9-17(15,16)11(2)3;/h11-13H,4-10H2,1-3H3;1H. The molecule has 1 heterocycles. The van der Waals surface area contributed by atoms with Gasteiger partial charge in [-0.2, -0.15) is 0 Å². The van der Waals surface area contributed by atoms with Crippen molar-refractivity contribution in [2.24, 2.45) is 0 Å². The fourth-order valence-corrected chi connectivity index (χ4v) is 3.16. The molecule has 0 aromatic rings. The van der Waals surface area contributed by atoms with E-state index in [4.69, 9.17) is 0 Å². The summed E-state index contributed by atoms with van der Waals surface area (Å²) in [4.78, 5) is 2.33. The number of hydrogen-bond acceptors (Lipinski definition) is 4. The van der Waals surface area contributed by atoms with Gasteiger partial charge in [0.25, 0.3) is 0 Å². The topological polar surface area (TPSA) is 49.4 Å². The Morgan fingerprint density at radius 1 is 1.33 bits per heavy atom. The van der Waals surface area contributed by atoms with Gasteiger partial charge in [0.15, 0.2) is 9.84 Å². The Balaban J connectivity index is 0.00000289. The molecule has 1 fully saturated rings. The molecule has 0 saturated carbocycles. The summed E-state index contributed by atoms with van der Waals surface area (Å²) in [5.41, 5.74) is 0. The van der Waals surface area contributed by atoms with Gasteiger partial charge in [0.05, 0.1) is 11.0 Å². The molecule has 0 aliphatic carbocycles. The Labute approximate surface area is 118 Å². The van der Waals surface area contributed by atoms with E-state index in [0.29, 0.717) is 18.3 Å². The van der Waals surface area contributed by atoms with Crippen LogP contribution in [-0.4, -0.2) is 56.5 Å². The first-order chi connectivity index (χ1) is 7.97. The molecule has 0 spiro atoms. The van der Waals surface area contributed by atoms with Crippen molar-refractivity contribution in [3.63, 3.8) is 0 Å². The largest absolute Gasteiger partial charge is 0.315 e. The monoisotopic (exact) mass is 298 g/mol. The Morgan fingerprint density at radius 2 is 2.00 bits per heavy atom. The van der Waals surface area contributed by atoms with E-state index in [2.05, 4.69) is 17.1 Å². The van der Waals surface area contributed by atoms with Gasteiger partial charge in [-0.3, -0.25) is 4.90 Å². The highest BCUT2D eigenvalue weighted by Gasteiger charge is 2.24. The van der Waals surface area contributed by atoms with Crippen molar-refractivity contribution in [1.29, 1.82) is 0 Å². The van der Waals surface area contributed by atoms with E-state index < -0.39 is 9.84 Å². The number of nitrogens with zero attached hydrogens (tertiary/aromatic N) is 1. The third kappa shape index (κ3) is 5.43. The zero-order valence-corrected chi connectivity index (χ0v) is 13.3. The molecule has 1 aliphatic rings. The quantitative estimate of drug-likeness (QED) is 0.770. The van der Waals surface area contributed by atoms with Crippen molar-refractivity contribution >= 4 is 22.2 Å². The first kappa shape index (κ1) is 18.2. The molecule has 4 nitrogen and oxygen atoms in total. The summed E-state index contributed by atoms with van der Waals surface area (Å²) in [5, 5.41) is 3.08. The van der Waals surface area contributed by atoms with Gasteiger partial charge in [0.1, 0.15) is 0 Å². The average Bonchev–Trinajstić information content (AvgIpc) is 2.77. The molecule has 1 aliphatic heterocycles. The first-order valence-corrected chi connectivity index (χ1v) is 8.35. The van der Waals surface area contributed by atoms with Crippen molar-refractivity contribution in [1.82, 2.24) is 10.2 Å². The SMILES string of the molecule is CCCN(CCS(=O)(=O)C(C)C)C1CCNC1.Cl. The lowest BCUT2D eigenvalue weighted by molar-refractivity contribution is 0.220. The molecular weight excluding hydrogens is 272 g/mol. The summed E-state index contributed by atoms with van der Waals surface area (Å²) < 4.78 is 23.6. The summed E-state index contributed by atoms with van der Waals surface area (Å²) in [7, 11) is -2.90. The molecule has 1 rings (SSSR count). The summed E-state index contributed by atoms with van der Waals surface area (Å²) in [5.74, 6) is 0.293. The third-order valence-corrected chi connectivity index (χ3v) is 5.63. The van der Waals surface area contributed by atoms with Crippen LogP contribution in [0.5, 0.6) is 0 Å². The fourth-order valence-electron chi connectivity index (χ4n) is 2.20. The number of sulfone groups is 1. The van der Waals surface area contributed by atoms with E-state index >= 15 is 0 Å². The van der Waals surface area contributed by atoms with E-state index in [1.807, 2.05) is 0 Å². The maximum absolute atomic E-state index is 11.8. The fraction of sp³-hybridized carbons (Fsp3) is 1.00. The van der Waals surface area contributed by atoms with Gasteiger partial charge >= 0.3 is 0 Å². The highest BCUT2D eigenvalue weighted by molar-refractivity contribution is 7.92. The Morgan fingerprint density at radius 3 is 2.44 bits per heavy atom. The molecule has 0 amide bonds. The van der Waals surface area contributed by atoms with Gasteiger partial charge in [-0.1, -0.05) is 6.92 Å². The summed E-state index contributed by atoms with van der Waals surface area (Å²) >= 11 is 0. The Hall–Kier alpha value is 0.160. The first-order valence-electron chi connectivity index (χ1n) is 6.63. The molecule has 0 bridgehead atoms. The van der Waals surface area contributed by atoms with Crippen molar-refractivity contribution < 1.29 is 8.42 Å². The van der Waals surface area contributed by atoms with Crippen molar-refractivity contribution in [3.05, 3.63) is 0 Å². The van der Waals surface area contributed by atoms with Crippen LogP contribution >= 0.6 is 12.4 Å². The van der Waals surface area contributed by atoms with Gasteiger partial charge < -0.3 is 5.32 Å². The van der Waals surface area contributed by atoms with Crippen LogP contribution in [0.3, 0.4) is 0 Å². The van der Waals surface area contributed by atoms with Crippen LogP contribution in [0.25, 0.3) is 0 Å². The second-order valence-electron chi connectivity index (χ2n) is 5.10. The molecular formula is C12H27ClN2O2S. The Kier molecular flexibility index (Phi) is 8.43. The summed E-state index contributed by atoms with van der Waals surface area (Å²) in [6, 6.07) is 0.525. The maximum atomic E-state index is 11.8. The van der Waals surface area contributed by atoms with E-state index in [1.165, 1.54) is 0 Å². The van der Waals surface area contributed by atoms with Crippen LogP contribution in [0.4, 0.5) is 0 Å². The molecule has 1 unspecified atom stereocenters. The van der Waals surface area contributed by atoms with Crippen LogP contribution in [0.15, 0.2) is 0 Å². The number of hydrogen-bond donors (Lipinski definition) is 1. The molecule has 1 N–H and O–H groups in total. The van der Waals surface area contributed by atoms with Gasteiger partial charge in [-0.25, -0.2) is 8.42 Å². The van der Waals surface area contributed by atoms with Gasteiger partial charge in [-0.05, 0) is 39.8 Å². The summed E-state index contributed by atoms with van der Waals surface area (Å²) in [6.07, 6.45) is 2.22. The Bertz CT molecular complexity index is 314. The highest BCUT2D eigenvalue weighted by atomic mass is 35.5. The van der Waals surface area contributed by atoms with E-state index in [0.717, 1.165) is 32.5 Å². The minimum absolute atomic E-state index is 0. The average molecular weight is 299 g/mol. The lowest BCUT2D eigenvalue weighted by Crippen LogP contribution is -2.41. The molecule has 18 heavy (non-hydrogen) atoms. The van der Waals surface area contributed by atoms with E-state index in [-0.39, 0.29) is 17.7 Å². The molecule has 0 aromatic carbocycles. The van der Waals surface area contributed by atoms with Crippen LogP contribution in [0.2, 0.25) is 0 Å². The summed E-state index contributed by atoms with van der Waals surface area (Å²) in [6.45, 7) is 9.41. The second-order valence-corrected chi connectivity index (χ2v) is 7.78. The smallest absolute Gasteiger partial charge is 0.153 e. The molecule has 0 aromatic heterocycles. The minimum Gasteiger partial charge on any atom is -0.315 e. The zero-order valence-electron chi connectivity index (χ0n) is 11.7. The van der Waals surface area contributed by atoms with E-state index in [9.17, 15) is 8.42 Å². The molecule has 1 atom stereocenters. The highest BCUT2D eigenvalue weighted by Crippen LogP contribution is 2.10. The van der Waals surface area contributed by atoms with Crippen molar-refractivity contribution in [2.75, 3.05) is 31.9 Å². The van der Waals surface area contributed by atoms with Crippen LogP contribution < -0.4 is 5.32 Å². The predicted octanol–water partition coefficient (Wildman–Crippen LogP) is 1.31. The predicted molar refractivity (Wildman–Crippen MR) is 79.3 cm³/mol. The van der Waals surface area contributed by atoms with Crippen molar-refractivity contribution in [3.8, 4) is 0 Å². The zero-order chi connectivity index (χ0) is 12.9. The van der Waals surface area contributed by atoms with Crippen LogP contribution in [0, 0.1) is 0 Å². The lowest BCUT2D eigenvalue weighted by Gasteiger charge is -2.28. The lowest BCUT2D eigenvalue weighted by atomic mass is 10.2. The number of rotatable bonds is 7. The van der Waals surface area contributed by atoms with E-state index in [1.54, 1.807) is 13.8 Å². The molecule has 0 radical (unpaired) electrons. The molecule has 1 saturated heterocycles. The van der Waals surface area contributed by atoms with Gasteiger partial charge in [0.2, 0.25) is 0 Å². The van der Waals surface area contributed by atoms with Crippen molar-refractivity contribution in [2.45, 2.75) is 44.9 Å².